The summed E-state index contributed by atoms with van der Waals surface area (Å²) in [4.78, 5) is 0. The fraction of sp³-hybridized carbons (Fsp3) is 0.600. The van der Waals surface area contributed by atoms with Crippen molar-refractivity contribution in [2.75, 3.05) is 20.2 Å². The molecule has 0 aliphatic carbocycles. The number of rotatable bonds is 3. The van der Waals surface area contributed by atoms with Crippen molar-refractivity contribution in [1.29, 1.82) is 0 Å². The van der Waals surface area contributed by atoms with E-state index in [-0.39, 0.29) is 11.7 Å². The van der Waals surface area contributed by atoms with Crippen molar-refractivity contribution in [3.8, 4) is 5.75 Å². The minimum Gasteiger partial charge on any atom is -0.496 e. The van der Waals surface area contributed by atoms with Gasteiger partial charge in [0, 0.05) is 18.5 Å². The van der Waals surface area contributed by atoms with Crippen LogP contribution in [0, 0.1) is 5.82 Å². The van der Waals surface area contributed by atoms with Gasteiger partial charge in [-0.1, -0.05) is 13.8 Å². The second-order valence-electron chi connectivity index (χ2n) is 5.31. The van der Waals surface area contributed by atoms with Crippen LogP contribution in [0.25, 0.3) is 0 Å². The van der Waals surface area contributed by atoms with Crippen molar-refractivity contribution < 1.29 is 9.13 Å². The second-order valence-corrected chi connectivity index (χ2v) is 5.31. The Morgan fingerprint density at radius 1 is 1.39 bits per heavy atom. The van der Waals surface area contributed by atoms with Crippen molar-refractivity contribution in [2.24, 2.45) is 0 Å². The monoisotopic (exact) mass is 251 g/mol. The van der Waals surface area contributed by atoms with Gasteiger partial charge in [0.15, 0.2) is 0 Å². The van der Waals surface area contributed by atoms with Gasteiger partial charge in [-0.3, -0.25) is 0 Å². The van der Waals surface area contributed by atoms with Crippen LogP contribution in [-0.4, -0.2) is 20.2 Å². The van der Waals surface area contributed by atoms with Crippen molar-refractivity contribution in [3.05, 3.63) is 29.1 Å². The highest BCUT2D eigenvalue weighted by molar-refractivity contribution is 5.42. The molecule has 2 nitrogen and oxygen atoms in total. The summed E-state index contributed by atoms with van der Waals surface area (Å²) in [5.74, 6) is 1.16. The first kappa shape index (κ1) is 13.3. The summed E-state index contributed by atoms with van der Waals surface area (Å²) in [6.45, 7) is 6.08. The topological polar surface area (TPSA) is 21.3 Å². The smallest absolute Gasteiger partial charge is 0.130 e. The van der Waals surface area contributed by atoms with Crippen LogP contribution in [0.2, 0.25) is 0 Å². The molecule has 0 aromatic heterocycles. The van der Waals surface area contributed by atoms with Gasteiger partial charge in [0.2, 0.25) is 0 Å². The zero-order valence-electron chi connectivity index (χ0n) is 11.4. The molecule has 1 heterocycles. The van der Waals surface area contributed by atoms with Crippen LogP contribution in [0.4, 0.5) is 4.39 Å². The van der Waals surface area contributed by atoms with E-state index in [4.69, 9.17) is 4.74 Å². The molecule has 1 aromatic carbocycles. The quantitative estimate of drug-likeness (QED) is 0.888. The molecule has 0 bridgehead atoms. The largest absolute Gasteiger partial charge is 0.496 e. The molecular formula is C15H22FNO. The molecule has 18 heavy (non-hydrogen) atoms. The summed E-state index contributed by atoms with van der Waals surface area (Å²) >= 11 is 0. The van der Waals surface area contributed by atoms with E-state index in [1.54, 1.807) is 13.2 Å². The van der Waals surface area contributed by atoms with E-state index in [2.05, 4.69) is 5.32 Å². The highest BCUT2D eigenvalue weighted by atomic mass is 19.1. The van der Waals surface area contributed by atoms with E-state index >= 15 is 0 Å². The third-order valence-electron chi connectivity index (χ3n) is 3.71. The van der Waals surface area contributed by atoms with Crippen LogP contribution in [0.1, 0.15) is 49.7 Å². The van der Waals surface area contributed by atoms with Gasteiger partial charge >= 0.3 is 0 Å². The number of hydrogen-bond acceptors (Lipinski definition) is 2. The molecule has 100 valence electrons. The van der Waals surface area contributed by atoms with E-state index in [0.717, 1.165) is 30.6 Å². The minimum atomic E-state index is -0.158. The molecular weight excluding hydrogens is 229 g/mol. The fourth-order valence-electron chi connectivity index (χ4n) is 2.64. The van der Waals surface area contributed by atoms with E-state index < -0.39 is 0 Å². The lowest BCUT2D eigenvalue weighted by atomic mass is 9.88. The van der Waals surface area contributed by atoms with Crippen molar-refractivity contribution in [3.63, 3.8) is 0 Å². The molecule has 1 aliphatic rings. The van der Waals surface area contributed by atoms with Crippen LogP contribution in [0.5, 0.6) is 5.75 Å². The highest BCUT2D eigenvalue weighted by Gasteiger charge is 2.21. The van der Waals surface area contributed by atoms with Gasteiger partial charge in [0.1, 0.15) is 11.6 Å². The Bertz CT molecular complexity index is 411. The average Bonchev–Trinajstić information content (AvgIpc) is 2.39. The third kappa shape index (κ3) is 2.66. The van der Waals surface area contributed by atoms with Gasteiger partial charge in [-0.25, -0.2) is 4.39 Å². The molecule has 0 amide bonds. The molecule has 1 saturated heterocycles. The summed E-state index contributed by atoms with van der Waals surface area (Å²) in [6, 6.07) is 3.54. The zero-order chi connectivity index (χ0) is 13.1. The third-order valence-corrected chi connectivity index (χ3v) is 3.71. The van der Waals surface area contributed by atoms with Crippen LogP contribution in [0.15, 0.2) is 12.1 Å². The Morgan fingerprint density at radius 2 is 2.17 bits per heavy atom. The van der Waals surface area contributed by atoms with E-state index in [9.17, 15) is 4.39 Å². The number of benzene rings is 1. The van der Waals surface area contributed by atoms with Gasteiger partial charge in [-0.15, -0.1) is 0 Å². The number of hydrogen-bond donors (Lipinski definition) is 1. The highest BCUT2D eigenvalue weighted by Crippen LogP contribution is 2.35. The molecule has 0 saturated carbocycles. The number of halogens is 1. The molecule has 1 aliphatic heterocycles. The summed E-state index contributed by atoms with van der Waals surface area (Å²) in [5, 5.41) is 3.40. The average molecular weight is 251 g/mol. The van der Waals surface area contributed by atoms with E-state index in [0.29, 0.717) is 11.7 Å². The number of ether oxygens (including phenoxy) is 1. The number of methoxy groups -OCH3 is 1. The van der Waals surface area contributed by atoms with Gasteiger partial charge in [0.05, 0.1) is 7.11 Å². The van der Waals surface area contributed by atoms with Crippen LogP contribution in [0.3, 0.4) is 0 Å². The van der Waals surface area contributed by atoms with Gasteiger partial charge < -0.3 is 10.1 Å². The molecule has 1 aromatic rings. The summed E-state index contributed by atoms with van der Waals surface area (Å²) in [7, 11) is 1.61. The lowest BCUT2D eigenvalue weighted by Gasteiger charge is -2.26. The van der Waals surface area contributed by atoms with E-state index in [1.165, 1.54) is 6.42 Å². The first-order valence-electron chi connectivity index (χ1n) is 6.71. The Hall–Kier alpha value is -1.09. The van der Waals surface area contributed by atoms with Crippen molar-refractivity contribution >= 4 is 0 Å². The predicted octanol–water partition coefficient (Wildman–Crippen LogP) is 3.42. The molecule has 2 rings (SSSR count). The Balaban J connectivity index is 2.39. The van der Waals surface area contributed by atoms with E-state index in [1.807, 2.05) is 19.9 Å². The Morgan fingerprint density at radius 3 is 2.72 bits per heavy atom. The van der Waals surface area contributed by atoms with Crippen molar-refractivity contribution in [2.45, 2.75) is 38.5 Å². The second kappa shape index (κ2) is 5.70. The first-order valence-corrected chi connectivity index (χ1v) is 6.71. The maximum absolute atomic E-state index is 13.9. The van der Waals surface area contributed by atoms with Crippen LogP contribution < -0.4 is 10.1 Å². The minimum absolute atomic E-state index is 0.158. The molecule has 3 heteroatoms. The Labute approximate surface area is 109 Å². The van der Waals surface area contributed by atoms with Gasteiger partial charge in [0.25, 0.3) is 0 Å². The maximum atomic E-state index is 13.9. The number of nitrogens with one attached hydrogen (secondary N) is 1. The first-order chi connectivity index (χ1) is 8.63. The molecule has 1 fully saturated rings. The lowest BCUT2D eigenvalue weighted by molar-refractivity contribution is 0.388. The SMILES string of the molecule is COc1cc(F)c(C(C)C)cc1C1CCCNC1. The summed E-state index contributed by atoms with van der Waals surface area (Å²) in [6.07, 6.45) is 2.31. The van der Waals surface area contributed by atoms with Crippen LogP contribution >= 0.6 is 0 Å². The predicted molar refractivity (Wildman–Crippen MR) is 71.9 cm³/mol. The zero-order valence-corrected chi connectivity index (χ0v) is 11.4. The molecule has 1 unspecified atom stereocenters. The molecule has 1 atom stereocenters. The summed E-state index contributed by atoms with van der Waals surface area (Å²) < 4.78 is 19.3. The van der Waals surface area contributed by atoms with Crippen molar-refractivity contribution in [1.82, 2.24) is 5.32 Å². The van der Waals surface area contributed by atoms with Crippen LogP contribution in [-0.2, 0) is 0 Å². The Kier molecular flexibility index (Phi) is 4.23. The fourth-order valence-corrected chi connectivity index (χ4v) is 2.64. The standard InChI is InChI=1S/C15H22FNO/c1-10(2)12-7-13(11-5-4-6-17-9-11)15(18-3)8-14(12)16/h7-8,10-11,17H,4-6,9H2,1-3H3. The maximum Gasteiger partial charge on any atom is 0.130 e. The molecule has 0 radical (unpaired) electrons. The lowest BCUT2D eigenvalue weighted by Crippen LogP contribution is -2.28. The van der Waals surface area contributed by atoms with Gasteiger partial charge in [-0.05, 0) is 42.5 Å². The molecule has 1 N–H and O–H groups in total. The van der Waals surface area contributed by atoms with Gasteiger partial charge in [-0.2, -0.15) is 0 Å². The molecule has 0 spiro atoms. The summed E-state index contributed by atoms with van der Waals surface area (Å²) in [5.41, 5.74) is 1.94. The number of piperidine rings is 1. The normalized spacial score (nSPS) is 20.2.